The van der Waals surface area contributed by atoms with E-state index >= 15 is 0 Å². The number of aromatic nitrogens is 2. The highest BCUT2D eigenvalue weighted by molar-refractivity contribution is 5.91. The second-order valence-corrected chi connectivity index (χ2v) is 3.76. The lowest BCUT2D eigenvalue weighted by Gasteiger charge is -2.43. The summed E-state index contributed by atoms with van der Waals surface area (Å²) in [6.45, 7) is 1.92. The molecular weight excluding hydrogens is 180 g/mol. The third kappa shape index (κ3) is 0.798. The number of carbonyl (C=O) groups excluding carboxylic acids is 1. The normalized spacial score (nSPS) is 22.4. The predicted octanol–water partition coefficient (Wildman–Crippen LogP) is -1.05. The molecule has 1 fully saturated rings. The first-order chi connectivity index (χ1) is 6.83. The Balaban J connectivity index is 2.17. The Morgan fingerprint density at radius 2 is 2.29 bits per heavy atom. The van der Waals surface area contributed by atoms with E-state index < -0.39 is 5.41 Å². The molecule has 0 saturated carbocycles. The van der Waals surface area contributed by atoms with Gasteiger partial charge in [-0.15, -0.1) is 0 Å². The molecule has 1 amide bonds. The van der Waals surface area contributed by atoms with Gasteiger partial charge in [-0.3, -0.25) is 4.79 Å². The van der Waals surface area contributed by atoms with Crippen LogP contribution in [0.2, 0.25) is 0 Å². The number of nitrogens with zero attached hydrogens (tertiary/aromatic N) is 2. The summed E-state index contributed by atoms with van der Waals surface area (Å²) >= 11 is 0. The molecule has 1 saturated heterocycles. The Morgan fingerprint density at radius 1 is 1.43 bits per heavy atom. The van der Waals surface area contributed by atoms with Crippen LogP contribution >= 0.6 is 0 Å². The van der Waals surface area contributed by atoms with Gasteiger partial charge < -0.3 is 10.6 Å². The summed E-state index contributed by atoms with van der Waals surface area (Å²) in [7, 11) is 0. The van der Waals surface area contributed by atoms with Gasteiger partial charge in [0.2, 0.25) is 5.91 Å². The van der Waals surface area contributed by atoms with Crippen LogP contribution in [-0.2, 0) is 16.8 Å². The Hall–Kier alpha value is -1.49. The smallest absolute Gasteiger partial charge is 0.235 e. The minimum Gasteiger partial charge on any atom is -0.351 e. The zero-order valence-corrected chi connectivity index (χ0v) is 7.58. The molecule has 5 nitrogen and oxygen atoms in total. The largest absolute Gasteiger partial charge is 0.351 e. The van der Waals surface area contributed by atoms with Gasteiger partial charge in [0.1, 0.15) is 11.7 Å². The van der Waals surface area contributed by atoms with E-state index in [1.165, 1.54) is 6.33 Å². The van der Waals surface area contributed by atoms with Gasteiger partial charge in [0.15, 0.2) is 0 Å². The maximum Gasteiger partial charge on any atom is 0.235 e. The molecule has 2 aliphatic rings. The van der Waals surface area contributed by atoms with E-state index in [4.69, 9.17) is 0 Å². The van der Waals surface area contributed by atoms with Crippen molar-refractivity contribution in [3.05, 3.63) is 23.8 Å². The fourth-order valence-electron chi connectivity index (χ4n) is 2.07. The van der Waals surface area contributed by atoms with Crippen LogP contribution < -0.4 is 10.6 Å². The van der Waals surface area contributed by atoms with Crippen LogP contribution in [0.5, 0.6) is 0 Å². The lowest BCUT2D eigenvalue weighted by Crippen LogP contribution is -2.67. The second kappa shape index (κ2) is 2.51. The molecule has 72 valence electrons. The van der Waals surface area contributed by atoms with Crippen LogP contribution in [0.4, 0.5) is 0 Å². The van der Waals surface area contributed by atoms with E-state index in [1.807, 2.05) is 0 Å². The summed E-state index contributed by atoms with van der Waals surface area (Å²) in [6, 6.07) is 0. The molecule has 0 unspecified atom stereocenters. The van der Waals surface area contributed by atoms with Crippen LogP contribution in [-0.4, -0.2) is 29.0 Å². The van der Waals surface area contributed by atoms with Gasteiger partial charge in [-0.1, -0.05) is 0 Å². The molecule has 0 aliphatic carbocycles. The van der Waals surface area contributed by atoms with Crippen molar-refractivity contribution in [1.29, 1.82) is 0 Å². The van der Waals surface area contributed by atoms with Gasteiger partial charge in [-0.05, 0) is 0 Å². The van der Waals surface area contributed by atoms with Crippen LogP contribution in [0.15, 0.2) is 12.5 Å². The van der Waals surface area contributed by atoms with E-state index in [-0.39, 0.29) is 5.91 Å². The zero-order chi connectivity index (χ0) is 9.60. The standard InChI is InChI=1S/C9H10N4O/c14-8-9(3-11-4-9)7-6(2-12-8)1-10-5-13-7/h1,5,11H,2-4H2,(H,12,14). The van der Waals surface area contributed by atoms with Crippen LogP contribution in [0.1, 0.15) is 11.3 Å². The fraction of sp³-hybridized carbons (Fsp3) is 0.444. The maximum atomic E-state index is 11.7. The van der Waals surface area contributed by atoms with E-state index in [0.29, 0.717) is 19.6 Å². The number of amides is 1. The molecule has 1 spiro atoms. The molecule has 14 heavy (non-hydrogen) atoms. The molecule has 0 radical (unpaired) electrons. The topological polar surface area (TPSA) is 66.9 Å². The molecule has 3 heterocycles. The maximum absolute atomic E-state index is 11.7. The molecular formula is C9H10N4O. The summed E-state index contributed by atoms with van der Waals surface area (Å²) in [4.78, 5) is 19.9. The van der Waals surface area contributed by atoms with Crippen molar-refractivity contribution < 1.29 is 4.79 Å². The van der Waals surface area contributed by atoms with E-state index in [0.717, 1.165) is 11.3 Å². The number of nitrogens with one attached hydrogen (secondary N) is 2. The highest BCUT2D eigenvalue weighted by Crippen LogP contribution is 2.32. The van der Waals surface area contributed by atoms with Crippen LogP contribution in [0, 0.1) is 0 Å². The summed E-state index contributed by atoms with van der Waals surface area (Å²) < 4.78 is 0. The van der Waals surface area contributed by atoms with Gasteiger partial charge in [0.25, 0.3) is 0 Å². The minimum atomic E-state index is -0.420. The first kappa shape index (κ1) is 7.87. The molecule has 0 atom stereocenters. The summed E-state index contributed by atoms with van der Waals surface area (Å²) in [5.74, 6) is 0.0856. The summed E-state index contributed by atoms with van der Waals surface area (Å²) in [5.41, 5.74) is 1.51. The molecule has 3 rings (SSSR count). The number of rotatable bonds is 0. The number of carbonyl (C=O) groups is 1. The fourth-order valence-corrected chi connectivity index (χ4v) is 2.07. The van der Waals surface area contributed by atoms with Gasteiger partial charge in [0.05, 0.1) is 5.69 Å². The van der Waals surface area contributed by atoms with Crippen molar-refractivity contribution in [1.82, 2.24) is 20.6 Å². The van der Waals surface area contributed by atoms with E-state index in [2.05, 4.69) is 20.6 Å². The van der Waals surface area contributed by atoms with Crippen molar-refractivity contribution in [3.63, 3.8) is 0 Å². The van der Waals surface area contributed by atoms with Crippen molar-refractivity contribution in [3.8, 4) is 0 Å². The number of fused-ring (bicyclic) bond motifs is 2. The summed E-state index contributed by atoms with van der Waals surface area (Å²) in [5, 5.41) is 5.99. The average Bonchev–Trinajstić information content (AvgIpc) is 2.15. The molecule has 0 aromatic carbocycles. The zero-order valence-electron chi connectivity index (χ0n) is 7.58. The average molecular weight is 190 g/mol. The molecule has 1 aromatic rings. The Morgan fingerprint density at radius 3 is 3.00 bits per heavy atom. The van der Waals surface area contributed by atoms with Gasteiger partial charge in [-0.2, -0.15) is 0 Å². The monoisotopic (exact) mass is 190 g/mol. The van der Waals surface area contributed by atoms with Crippen molar-refractivity contribution in [2.24, 2.45) is 0 Å². The highest BCUT2D eigenvalue weighted by atomic mass is 16.2. The predicted molar refractivity (Wildman–Crippen MR) is 48.4 cm³/mol. The third-order valence-electron chi connectivity index (χ3n) is 2.97. The summed E-state index contributed by atoms with van der Waals surface area (Å²) in [6.07, 6.45) is 3.29. The highest BCUT2D eigenvalue weighted by Gasteiger charge is 2.50. The minimum absolute atomic E-state index is 0.0856. The molecule has 1 aromatic heterocycles. The van der Waals surface area contributed by atoms with Gasteiger partial charge >= 0.3 is 0 Å². The van der Waals surface area contributed by atoms with Gasteiger partial charge in [-0.25, -0.2) is 9.97 Å². The van der Waals surface area contributed by atoms with E-state index in [9.17, 15) is 4.79 Å². The second-order valence-electron chi connectivity index (χ2n) is 3.76. The number of hydrogen-bond acceptors (Lipinski definition) is 4. The Kier molecular flexibility index (Phi) is 1.41. The lowest BCUT2D eigenvalue weighted by atomic mass is 9.74. The van der Waals surface area contributed by atoms with Crippen LogP contribution in [0.3, 0.4) is 0 Å². The SMILES string of the molecule is O=C1NCc2cncnc2C12CNC2. The van der Waals surface area contributed by atoms with Crippen molar-refractivity contribution in [2.45, 2.75) is 12.0 Å². The molecule has 2 aliphatic heterocycles. The van der Waals surface area contributed by atoms with E-state index in [1.54, 1.807) is 6.20 Å². The van der Waals surface area contributed by atoms with Crippen molar-refractivity contribution >= 4 is 5.91 Å². The van der Waals surface area contributed by atoms with Crippen molar-refractivity contribution in [2.75, 3.05) is 13.1 Å². The van der Waals surface area contributed by atoms with Crippen LogP contribution in [0.25, 0.3) is 0 Å². The molecule has 0 bridgehead atoms. The number of hydrogen-bond donors (Lipinski definition) is 2. The van der Waals surface area contributed by atoms with Gasteiger partial charge in [0, 0.05) is 31.4 Å². The Bertz CT molecular complexity index is 400. The quantitative estimate of drug-likeness (QED) is 0.547. The molecule has 5 heteroatoms. The first-order valence-electron chi connectivity index (χ1n) is 4.61. The molecule has 2 N–H and O–H groups in total. The lowest BCUT2D eigenvalue weighted by molar-refractivity contribution is -0.129. The first-order valence-corrected chi connectivity index (χ1v) is 4.61. The Labute approximate surface area is 80.9 Å². The third-order valence-corrected chi connectivity index (χ3v) is 2.97.